The maximum atomic E-state index is 13.9. The number of amides is 4. The van der Waals surface area contributed by atoms with E-state index >= 15 is 0 Å². The molecule has 0 radical (unpaired) electrons. The Kier molecular flexibility index (Phi) is 9.69. The standard InChI is InChI=1S/C38H43N7O5S/c1-24-21-27(50-26-10-6-5-7-11-26)12-13-29(24)45-30-14-15-40-35-31(30)32(42-37(45)48)33(51-35)34(46)41-25-9-8-16-43(23-25)36(47)28(39-4)22-38(2,3)44-17-19-49-20-18-44/h5-7,10-15,21-22,25,39H,8-9,16-20,23H2,1-4H3,(H,41,46)(H,42,48)/b28-22-/t25-/m1/s1. The van der Waals surface area contributed by atoms with Gasteiger partial charge in [-0.15, -0.1) is 11.3 Å². The Morgan fingerprint density at radius 3 is 2.59 bits per heavy atom. The van der Waals surface area contributed by atoms with Crippen molar-refractivity contribution < 1.29 is 23.9 Å². The third-order valence-corrected chi connectivity index (χ3v) is 10.8. The summed E-state index contributed by atoms with van der Waals surface area (Å²) in [6.07, 6.45) is 5.15. The number of nitrogens with zero attached hydrogens (tertiary/aromatic N) is 4. The van der Waals surface area contributed by atoms with Gasteiger partial charge in [-0.05, 0) is 81.7 Å². The first kappa shape index (κ1) is 34.5. The van der Waals surface area contributed by atoms with Gasteiger partial charge in [-0.2, -0.15) is 0 Å². The number of aryl methyl sites for hydroxylation is 1. The number of likely N-dealkylation sites (N-methyl/N-ethyl adjacent to an activating group) is 1. The van der Waals surface area contributed by atoms with Crippen LogP contribution in [0.3, 0.4) is 0 Å². The Balaban J connectivity index is 1.08. The van der Waals surface area contributed by atoms with Crippen molar-refractivity contribution in [2.45, 2.75) is 45.2 Å². The van der Waals surface area contributed by atoms with E-state index in [9.17, 15) is 14.4 Å². The molecular weight excluding hydrogens is 667 g/mol. The number of piperidine rings is 1. The quantitative estimate of drug-likeness (QED) is 0.180. The van der Waals surface area contributed by atoms with Gasteiger partial charge in [0.05, 0.1) is 41.4 Å². The van der Waals surface area contributed by atoms with E-state index in [2.05, 4.69) is 39.7 Å². The number of ether oxygens (including phenoxy) is 2. The molecule has 3 aliphatic heterocycles. The summed E-state index contributed by atoms with van der Waals surface area (Å²) in [6, 6.07) is 16.3. The summed E-state index contributed by atoms with van der Waals surface area (Å²) in [5, 5.41) is 9.98. The number of thiophene rings is 1. The molecule has 4 amide bonds. The number of hydrogen-bond donors (Lipinski definition) is 3. The largest absolute Gasteiger partial charge is 0.457 e. The maximum Gasteiger partial charge on any atom is 0.331 e. The Morgan fingerprint density at radius 1 is 1.06 bits per heavy atom. The van der Waals surface area contributed by atoms with E-state index in [0.29, 0.717) is 69.9 Å². The van der Waals surface area contributed by atoms with Crippen molar-refractivity contribution in [2.75, 3.05) is 56.7 Å². The fourth-order valence-corrected chi connectivity index (χ4v) is 8.10. The lowest BCUT2D eigenvalue weighted by Crippen LogP contribution is -2.52. The van der Waals surface area contributed by atoms with E-state index in [1.165, 1.54) is 11.3 Å². The summed E-state index contributed by atoms with van der Waals surface area (Å²) in [7, 11) is 1.77. The van der Waals surface area contributed by atoms with Gasteiger partial charge in [-0.1, -0.05) is 18.2 Å². The van der Waals surface area contributed by atoms with Gasteiger partial charge >= 0.3 is 6.03 Å². The number of rotatable bonds is 9. The van der Waals surface area contributed by atoms with E-state index < -0.39 is 0 Å². The zero-order valence-electron chi connectivity index (χ0n) is 29.3. The molecule has 12 nitrogen and oxygen atoms in total. The molecule has 2 fully saturated rings. The average Bonchev–Trinajstić information content (AvgIpc) is 3.51. The average molecular weight is 710 g/mol. The van der Waals surface area contributed by atoms with Crippen LogP contribution in [0, 0.1) is 6.92 Å². The van der Waals surface area contributed by atoms with Crippen molar-refractivity contribution in [1.82, 2.24) is 25.4 Å². The minimum atomic E-state index is -0.372. The number of urea groups is 1. The Hall–Kier alpha value is -4.98. The van der Waals surface area contributed by atoms with Gasteiger partial charge in [0.2, 0.25) is 0 Å². The lowest BCUT2D eigenvalue weighted by Gasteiger charge is -2.40. The third-order valence-electron chi connectivity index (χ3n) is 9.71. The first-order chi connectivity index (χ1) is 24.6. The SMILES string of the molecule is CN/C(=C\C(C)(C)N1CCOCC1)C(=O)N1CCC[C@@H](NC(=O)c2sc3nccc4c3c2NC(=O)N4c2ccc(Oc3ccccc3)cc2C)C1. The molecule has 7 rings (SSSR count). The van der Waals surface area contributed by atoms with Gasteiger partial charge < -0.3 is 30.3 Å². The van der Waals surface area contributed by atoms with Crippen LogP contribution in [-0.4, -0.2) is 90.7 Å². The smallest absolute Gasteiger partial charge is 0.331 e. The third kappa shape index (κ3) is 7.01. The molecule has 0 bridgehead atoms. The van der Waals surface area contributed by atoms with Gasteiger partial charge in [0.25, 0.3) is 11.8 Å². The first-order valence-electron chi connectivity index (χ1n) is 17.3. The number of morpholine rings is 1. The second-order valence-corrected chi connectivity index (χ2v) is 14.6. The molecule has 266 valence electrons. The van der Waals surface area contributed by atoms with Crippen molar-refractivity contribution in [2.24, 2.45) is 0 Å². The molecule has 2 saturated heterocycles. The lowest BCUT2D eigenvalue weighted by atomic mass is 9.99. The van der Waals surface area contributed by atoms with E-state index in [1.807, 2.05) is 61.5 Å². The molecule has 2 aromatic heterocycles. The summed E-state index contributed by atoms with van der Waals surface area (Å²) >= 11 is 1.24. The first-order valence-corrected chi connectivity index (χ1v) is 18.1. The minimum Gasteiger partial charge on any atom is -0.457 e. The Morgan fingerprint density at radius 2 is 1.84 bits per heavy atom. The molecule has 5 heterocycles. The number of benzene rings is 2. The van der Waals surface area contributed by atoms with Gasteiger partial charge in [-0.25, -0.2) is 9.78 Å². The Labute approximate surface area is 301 Å². The van der Waals surface area contributed by atoms with Crippen molar-refractivity contribution in [1.29, 1.82) is 0 Å². The van der Waals surface area contributed by atoms with Gasteiger partial charge in [0.1, 0.15) is 21.2 Å². The number of likely N-dealkylation sites (tertiary alicyclic amines) is 1. The molecule has 3 N–H and O–H groups in total. The summed E-state index contributed by atoms with van der Waals surface area (Å²) < 4.78 is 11.5. The zero-order chi connectivity index (χ0) is 35.7. The molecule has 51 heavy (non-hydrogen) atoms. The van der Waals surface area contributed by atoms with Crippen LogP contribution in [0.4, 0.5) is 21.9 Å². The number of anilines is 3. The molecule has 3 aliphatic rings. The highest BCUT2D eigenvalue weighted by molar-refractivity contribution is 7.21. The molecule has 0 aliphatic carbocycles. The highest BCUT2D eigenvalue weighted by atomic mass is 32.1. The molecule has 0 saturated carbocycles. The fraction of sp³-hybridized carbons (Fsp3) is 0.368. The highest BCUT2D eigenvalue weighted by Crippen LogP contribution is 2.46. The van der Waals surface area contributed by atoms with Crippen molar-refractivity contribution in [3.8, 4) is 11.5 Å². The van der Waals surface area contributed by atoms with Gasteiger partial charge in [0.15, 0.2) is 0 Å². The second kappa shape index (κ2) is 14.3. The zero-order valence-corrected chi connectivity index (χ0v) is 30.1. The van der Waals surface area contributed by atoms with Gasteiger partial charge in [-0.3, -0.25) is 19.4 Å². The van der Waals surface area contributed by atoms with Crippen molar-refractivity contribution in [3.63, 3.8) is 0 Å². The number of para-hydroxylation sites is 1. The predicted molar refractivity (Wildman–Crippen MR) is 199 cm³/mol. The van der Waals surface area contributed by atoms with Crippen LogP contribution in [-0.2, 0) is 9.53 Å². The van der Waals surface area contributed by atoms with Crippen LogP contribution >= 0.6 is 11.3 Å². The van der Waals surface area contributed by atoms with E-state index in [4.69, 9.17) is 9.47 Å². The lowest BCUT2D eigenvalue weighted by molar-refractivity contribution is -0.128. The van der Waals surface area contributed by atoms with Crippen LogP contribution < -0.4 is 25.6 Å². The summed E-state index contributed by atoms with van der Waals surface area (Å²) in [5.41, 5.74) is 2.83. The van der Waals surface area contributed by atoms with Crippen LogP contribution in [0.25, 0.3) is 10.2 Å². The molecule has 4 aromatic rings. The van der Waals surface area contributed by atoms with Gasteiger partial charge in [0, 0.05) is 51.0 Å². The van der Waals surface area contributed by atoms with Crippen molar-refractivity contribution in [3.05, 3.63) is 83.0 Å². The molecule has 0 spiro atoms. The number of pyridine rings is 1. The van der Waals surface area contributed by atoms with E-state index in [-0.39, 0.29) is 29.4 Å². The molecular formula is C38H43N7O5S. The number of nitrogens with one attached hydrogen (secondary N) is 3. The van der Waals surface area contributed by atoms with E-state index in [1.54, 1.807) is 29.1 Å². The summed E-state index contributed by atoms with van der Waals surface area (Å²) in [4.78, 5) is 52.7. The minimum absolute atomic E-state index is 0.0918. The topological polar surface area (TPSA) is 128 Å². The van der Waals surface area contributed by atoms with Crippen LogP contribution in [0.2, 0.25) is 0 Å². The monoisotopic (exact) mass is 709 g/mol. The number of carbonyl (C=O) groups excluding carboxylic acids is 3. The normalized spacial score (nSPS) is 18.4. The molecule has 0 unspecified atom stereocenters. The van der Waals surface area contributed by atoms with Crippen LogP contribution in [0.15, 0.2) is 72.6 Å². The number of carbonyl (C=O) groups is 3. The summed E-state index contributed by atoms with van der Waals surface area (Å²) in [5.74, 6) is 0.989. The van der Waals surface area contributed by atoms with Crippen LogP contribution in [0.1, 0.15) is 41.9 Å². The predicted octanol–water partition coefficient (Wildman–Crippen LogP) is 6.02. The van der Waals surface area contributed by atoms with Crippen LogP contribution in [0.5, 0.6) is 11.5 Å². The second-order valence-electron chi connectivity index (χ2n) is 13.6. The highest BCUT2D eigenvalue weighted by Gasteiger charge is 2.35. The van der Waals surface area contributed by atoms with E-state index in [0.717, 1.165) is 37.2 Å². The van der Waals surface area contributed by atoms with Crippen molar-refractivity contribution >= 4 is 56.5 Å². The number of hydrogen-bond acceptors (Lipinski definition) is 9. The summed E-state index contributed by atoms with van der Waals surface area (Å²) in [6.45, 7) is 10.1. The fourth-order valence-electron chi connectivity index (χ4n) is 7.08. The molecule has 13 heteroatoms. The molecule has 1 atom stereocenters. The Bertz CT molecular complexity index is 1990. The molecule has 2 aromatic carbocycles. The number of aromatic nitrogens is 1. The maximum absolute atomic E-state index is 13.9.